The summed E-state index contributed by atoms with van der Waals surface area (Å²) in [5.74, 6) is 0.986. The van der Waals surface area contributed by atoms with E-state index in [-0.39, 0.29) is 12.2 Å². The summed E-state index contributed by atoms with van der Waals surface area (Å²) < 4.78 is 10.9. The normalized spacial score (nSPS) is 22.8. The van der Waals surface area contributed by atoms with Gasteiger partial charge in [0.1, 0.15) is 18.0 Å². The second kappa shape index (κ2) is 7.02. The monoisotopic (exact) mass is 279 g/mol. The van der Waals surface area contributed by atoms with Crippen molar-refractivity contribution in [2.24, 2.45) is 0 Å². The van der Waals surface area contributed by atoms with Crippen LogP contribution in [0.25, 0.3) is 0 Å². The molecule has 0 saturated carbocycles. The largest absolute Gasteiger partial charge is 0.377 e. The average Bonchev–Trinajstić information content (AvgIpc) is 2.89. The Morgan fingerprint density at radius 2 is 1.90 bits per heavy atom. The first-order valence-electron chi connectivity index (χ1n) is 7.13. The van der Waals surface area contributed by atoms with Gasteiger partial charge in [-0.05, 0) is 11.6 Å². The van der Waals surface area contributed by atoms with Crippen molar-refractivity contribution in [2.75, 3.05) is 32.2 Å². The Morgan fingerprint density at radius 1 is 1.25 bits per heavy atom. The van der Waals surface area contributed by atoms with Crippen LogP contribution in [-0.4, -0.2) is 50.5 Å². The molecule has 20 heavy (non-hydrogen) atoms. The number of anilines is 1. The van der Waals surface area contributed by atoms with Crippen molar-refractivity contribution in [2.45, 2.75) is 38.6 Å². The van der Waals surface area contributed by atoms with Crippen molar-refractivity contribution in [1.82, 2.24) is 10.3 Å². The maximum Gasteiger partial charge on any atom is 0.128 e. The highest BCUT2D eigenvalue weighted by atomic mass is 16.5. The van der Waals surface area contributed by atoms with Crippen LogP contribution < -0.4 is 10.2 Å². The van der Waals surface area contributed by atoms with Crippen LogP contribution in [0.15, 0.2) is 18.3 Å². The van der Waals surface area contributed by atoms with Crippen molar-refractivity contribution >= 4 is 5.82 Å². The molecule has 0 radical (unpaired) electrons. The number of methoxy groups -OCH3 is 2. The molecule has 0 aliphatic carbocycles. The zero-order valence-corrected chi connectivity index (χ0v) is 12.8. The molecule has 0 spiro atoms. The lowest BCUT2D eigenvalue weighted by Gasteiger charge is -2.17. The van der Waals surface area contributed by atoms with Crippen LogP contribution in [-0.2, 0) is 16.0 Å². The van der Waals surface area contributed by atoms with Gasteiger partial charge in [-0.15, -0.1) is 0 Å². The molecule has 1 aliphatic heterocycles. The van der Waals surface area contributed by atoms with Crippen LogP contribution in [0, 0.1) is 0 Å². The summed E-state index contributed by atoms with van der Waals surface area (Å²) in [4.78, 5) is 6.76. The SMILES string of the molecule is COC1CN(c2ccc(CNC(C)C)cn2)CC1OC. The zero-order valence-electron chi connectivity index (χ0n) is 12.8. The minimum Gasteiger partial charge on any atom is -0.377 e. The Balaban J connectivity index is 1.96. The summed E-state index contributed by atoms with van der Waals surface area (Å²) >= 11 is 0. The van der Waals surface area contributed by atoms with E-state index in [1.165, 1.54) is 5.56 Å². The molecule has 2 rings (SSSR count). The minimum atomic E-state index is 0.115. The van der Waals surface area contributed by atoms with Gasteiger partial charge in [-0.3, -0.25) is 0 Å². The number of nitrogens with zero attached hydrogens (tertiary/aromatic N) is 2. The molecule has 0 aromatic carbocycles. The predicted molar refractivity (Wildman–Crippen MR) is 80.0 cm³/mol. The fourth-order valence-electron chi connectivity index (χ4n) is 2.41. The molecular weight excluding hydrogens is 254 g/mol. The first-order valence-corrected chi connectivity index (χ1v) is 7.13. The first-order chi connectivity index (χ1) is 9.63. The lowest BCUT2D eigenvalue weighted by atomic mass is 10.2. The van der Waals surface area contributed by atoms with E-state index in [1.807, 2.05) is 6.20 Å². The van der Waals surface area contributed by atoms with Gasteiger partial charge in [0.2, 0.25) is 0 Å². The molecular formula is C15H25N3O2. The molecule has 112 valence electrons. The highest BCUT2D eigenvalue weighted by Gasteiger charge is 2.33. The van der Waals surface area contributed by atoms with E-state index < -0.39 is 0 Å². The summed E-state index contributed by atoms with van der Waals surface area (Å²) in [7, 11) is 3.46. The quantitative estimate of drug-likeness (QED) is 0.853. The molecule has 1 aromatic heterocycles. The van der Waals surface area contributed by atoms with Crippen molar-refractivity contribution in [1.29, 1.82) is 0 Å². The van der Waals surface area contributed by atoms with Crippen LogP contribution in [0.3, 0.4) is 0 Å². The van der Waals surface area contributed by atoms with Crippen molar-refractivity contribution in [3.8, 4) is 0 Å². The molecule has 2 atom stereocenters. The van der Waals surface area contributed by atoms with Crippen molar-refractivity contribution in [3.63, 3.8) is 0 Å². The van der Waals surface area contributed by atoms with Gasteiger partial charge < -0.3 is 19.7 Å². The fraction of sp³-hybridized carbons (Fsp3) is 0.667. The number of ether oxygens (including phenoxy) is 2. The highest BCUT2D eigenvalue weighted by molar-refractivity contribution is 5.41. The minimum absolute atomic E-state index is 0.115. The first kappa shape index (κ1) is 15.2. The van der Waals surface area contributed by atoms with Gasteiger partial charge in [-0.2, -0.15) is 0 Å². The Morgan fingerprint density at radius 3 is 2.35 bits per heavy atom. The number of rotatable bonds is 6. The maximum atomic E-state index is 5.45. The number of hydrogen-bond donors (Lipinski definition) is 1. The van der Waals surface area contributed by atoms with Crippen molar-refractivity contribution in [3.05, 3.63) is 23.9 Å². The molecule has 0 bridgehead atoms. The lowest BCUT2D eigenvalue weighted by Crippen LogP contribution is -2.27. The third kappa shape index (κ3) is 3.69. The van der Waals surface area contributed by atoms with Crippen LogP contribution in [0.1, 0.15) is 19.4 Å². The van der Waals surface area contributed by atoms with Crippen LogP contribution >= 0.6 is 0 Å². The van der Waals surface area contributed by atoms with E-state index >= 15 is 0 Å². The fourth-order valence-corrected chi connectivity index (χ4v) is 2.41. The third-order valence-electron chi connectivity index (χ3n) is 3.67. The van der Waals surface area contributed by atoms with E-state index in [1.54, 1.807) is 14.2 Å². The van der Waals surface area contributed by atoms with E-state index in [9.17, 15) is 0 Å². The van der Waals surface area contributed by atoms with Gasteiger partial charge in [0.15, 0.2) is 0 Å². The van der Waals surface area contributed by atoms with Gasteiger partial charge in [-0.1, -0.05) is 19.9 Å². The summed E-state index contributed by atoms with van der Waals surface area (Å²) in [5.41, 5.74) is 1.20. The maximum absolute atomic E-state index is 5.45. The Bertz CT molecular complexity index is 396. The summed E-state index contributed by atoms with van der Waals surface area (Å²) in [6.45, 7) is 6.78. The summed E-state index contributed by atoms with van der Waals surface area (Å²) in [6, 6.07) is 4.68. The predicted octanol–water partition coefficient (Wildman–Crippen LogP) is 1.43. The Hall–Kier alpha value is -1.17. The number of hydrogen-bond acceptors (Lipinski definition) is 5. The Labute approximate surface area is 121 Å². The smallest absolute Gasteiger partial charge is 0.128 e. The summed E-state index contributed by atoms with van der Waals surface area (Å²) in [6.07, 6.45) is 2.17. The molecule has 2 heterocycles. The average molecular weight is 279 g/mol. The molecule has 5 nitrogen and oxygen atoms in total. The van der Waals surface area contributed by atoms with E-state index in [0.717, 1.165) is 25.5 Å². The molecule has 0 amide bonds. The summed E-state index contributed by atoms with van der Waals surface area (Å²) in [5, 5.41) is 3.39. The zero-order chi connectivity index (χ0) is 14.5. The second-order valence-electron chi connectivity index (χ2n) is 5.51. The van der Waals surface area contributed by atoms with Crippen LogP contribution in [0.2, 0.25) is 0 Å². The Kier molecular flexibility index (Phi) is 5.34. The standard InChI is InChI=1S/C15H25N3O2/c1-11(2)16-7-12-5-6-15(17-8-12)18-9-13(19-3)14(10-18)20-4/h5-6,8,11,13-14,16H,7,9-10H2,1-4H3. The van der Waals surface area contributed by atoms with Gasteiger partial charge >= 0.3 is 0 Å². The lowest BCUT2D eigenvalue weighted by molar-refractivity contribution is -0.00461. The molecule has 1 saturated heterocycles. The second-order valence-corrected chi connectivity index (χ2v) is 5.51. The molecule has 1 fully saturated rings. The van der Waals surface area contributed by atoms with E-state index in [2.05, 4.69) is 41.2 Å². The molecule has 5 heteroatoms. The third-order valence-corrected chi connectivity index (χ3v) is 3.67. The van der Waals surface area contributed by atoms with Crippen LogP contribution in [0.5, 0.6) is 0 Å². The van der Waals surface area contributed by atoms with Gasteiger partial charge in [0.25, 0.3) is 0 Å². The van der Waals surface area contributed by atoms with Gasteiger partial charge in [0.05, 0.1) is 0 Å². The molecule has 1 aliphatic rings. The number of pyridine rings is 1. The topological polar surface area (TPSA) is 46.6 Å². The van der Waals surface area contributed by atoms with Gasteiger partial charge in [-0.25, -0.2) is 4.98 Å². The molecule has 1 N–H and O–H groups in total. The number of nitrogens with one attached hydrogen (secondary N) is 1. The van der Waals surface area contributed by atoms with Crippen molar-refractivity contribution < 1.29 is 9.47 Å². The number of aromatic nitrogens is 1. The van der Waals surface area contributed by atoms with E-state index in [0.29, 0.717) is 6.04 Å². The van der Waals surface area contributed by atoms with E-state index in [4.69, 9.17) is 9.47 Å². The molecule has 2 unspecified atom stereocenters. The van der Waals surface area contributed by atoms with Crippen LogP contribution in [0.4, 0.5) is 5.82 Å². The van der Waals surface area contributed by atoms with Gasteiger partial charge in [0, 0.05) is 46.1 Å². The highest BCUT2D eigenvalue weighted by Crippen LogP contribution is 2.21. The molecule has 1 aromatic rings.